The summed E-state index contributed by atoms with van der Waals surface area (Å²) in [5.74, 6) is -2.19. The molecule has 0 atom stereocenters. The van der Waals surface area contributed by atoms with Gasteiger partial charge in [0.05, 0.1) is 20.4 Å². The first-order chi connectivity index (χ1) is 21.3. The molecule has 0 spiro atoms. The second-order valence-electron chi connectivity index (χ2n) is 9.07. The number of nitrogen functional groups attached to an aromatic ring is 1. The number of benzene rings is 4. The van der Waals surface area contributed by atoms with Crippen LogP contribution in [0.2, 0.25) is 0 Å². The van der Waals surface area contributed by atoms with E-state index in [1.165, 1.54) is 24.3 Å². The zero-order valence-electron chi connectivity index (χ0n) is 25.6. The summed E-state index contributed by atoms with van der Waals surface area (Å²) in [5, 5.41) is 45.3. The van der Waals surface area contributed by atoms with Crippen LogP contribution in [0.15, 0.2) is 102 Å². The van der Waals surface area contributed by atoms with Crippen LogP contribution < -0.4 is 71.0 Å². The molecule has 0 aliphatic carbocycles. The van der Waals surface area contributed by atoms with Gasteiger partial charge in [-0.25, -0.2) is 25.3 Å². The van der Waals surface area contributed by atoms with E-state index >= 15 is 0 Å². The first-order valence-corrected chi connectivity index (χ1v) is 16.4. The molecule has 0 bridgehead atoms. The molecule has 0 aliphatic heterocycles. The second kappa shape index (κ2) is 18.6. The number of rotatable bonds is 9. The summed E-state index contributed by atoms with van der Waals surface area (Å²) in [7, 11) is -15.1. The molecule has 18 nitrogen and oxygen atoms in total. The number of azo groups is 2. The average molecular weight is 815 g/mol. The molecule has 0 aromatic heterocycles. The Balaban J connectivity index is 0.00000600. The van der Waals surface area contributed by atoms with Crippen LogP contribution in [-0.4, -0.2) is 54.2 Å². The van der Waals surface area contributed by atoms with E-state index in [1.807, 2.05) is 0 Å². The molecule has 0 saturated heterocycles. The largest absolute Gasteiger partial charge is 1.00 e. The van der Waals surface area contributed by atoms with E-state index in [9.17, 15) is 54.2 Å². The van der Waals surface area contributed by atoms with Crippen LogP contribution in [0.1, 0.15) is 11.1 Å². The molecule has 0 unspecified atom stereocenters. The summed E-state index contributed by atoms with van der Waals surface area (Å²) in [6.45, 7) is 0. The van der Waals surface area contributed by atoms with E-state index < -0.39 is 73.7 Å². The molecular weight excluding hydrogens is 794 g/mol. The van der Waals surface area contributed by atoms with E-state index in [1.54, 1.807) is 0 Å². The van der Waals surface area contributed by atoms with Crippen molar-refractivity contribution in [3.05, 3.63) is 77.9 Å². The molecule has 24 heteroatoms. The molecule has 0 saturated carbocycles. The monoisotopic (exact) mass is 814 g/mol. The predicted molar refractivity (Wildman–Crippen MR) is 161 cm³/mol. The summed E-state index contributed by atoms with van der Waals surface area (Å²) in [4.78, 5) is -2.28. The molecule has 8 N–H and O–H groups in total. The summed E-state index contributed by atoms with van der Waals surface area (Å²) in [6.07, 6.45) is 2.14. The van der Waals surface area contributed by atoms with E-state index in [2.05, 4.69) is 20.5 Å². The minimum Gasteiger partial charge on any atom is -0.744 e. The van der Waals surface area contributed by atoms with Crippen molar-refractivity contribution >= 4 is 70.9 Å². The van der Waals surface area contributed by atoms with Gasteiger partial charge in [0.1, 0.15) is 59.0 Å². The van der Waals surface area contributed by atoms with Crippen molar-refractivity contribution in [1.29, 1.82) is 0 Å². The van der Waals surface area contributed by atoms with E-state index in [-0.39, 0.29) is 111 Å². The van der Waals surface area contributed by atoms with Crippen molar-refractivity contribution in [2.75, 3.05) is 5.73 Å². The zero-order chi connectivity index (χ0) is 34.0. The van der Waals surface area contributed by atoms with Gasteiger partial charge in [0.2, 0.25) is 0 Å². The quantitative estimate of drug-likeness (QED) is 0.0412. The number of aromatic hydroxyl groups is 3. The average Bonchev–Trinajstić information content (AvgIpc) is 2.94. The van der Waals surface area contributed by atoms with E-state index in [4.69, 9.17) is 5.73 Å². The van der Waals surface area contributed by atoms with Gasteiger partial charge in [-0.1, -0.05) is 30.4 Å². The fraction of sp³-hybridized carbons (Fsp3) is 0. The maximum absolute atomic E-state index is 12.2. The zero-order valence-corrected chi connectivity index (χ0v) is 33.0. The third-order valence-electron chi connectivity index (χ3n) is 5.85. The minimum absolute atomic E-state index is 0. The molecule has 50 heavy (non-hydrogen) atoms. The number of nitrogens with two attached hydrogens (primary N) is 1. The molecular formula is C26H21CuN6Na2O12S3-. The minimum atomic E-state index is -5.24. The SMILES string of the molecule is N.Nc1ccc(C=Cc2cccc(N=Nc3cc(O)c(N=Nc4ccc(S(=O)(=O)[O-])cc4O)c(O)c3)c2S(=O)(=O)[O-])c(S(=O)(=O)[O-])c1.[Cu].[Na+].[Na+]. The molecule has 1 radical (unpaired) electrons. The van der Waals surface area contributed by atoms with Crippen LogP contribution in [0.3, 0.4) is 0 Å². The van der Waals surface area contributed by atoms with Gasteiger partial charge in [-0.05, 0) is 47.5 Å². The van der Waals surface area contributed by atoms with Gasteiger partial charge in [0, 0.05) is 34.9 Å². The molecule has 4 rings (SSSR count). The third-order valence-corrected chi connectivity index (χ3v) is 8.51. The smallest absolute Gasteiger partial charge is 0.744 e. The maximum Gasteiger partial charge on any atom is 1.00 e. The van der Waals surface area contributed by atoms with Gasteiger partial charge in [0.25, 0.3) is 0 Å². The first-order valence-electron chi connectivity index (χ1n) is 12.2. The van der Waals surface area contributed by atoms with Gasteiger partial charge < -0.3 is 40.9 Å². The Kier molecular flexibility index (Phi) is 17.6. The van der Waals surface area contributed by atoms with Gasteiger partial charge in [-0.2, -0.15) is 5.11 Å². The Bertz CT molecular complexity index is 2290. The summed E-state index contributed by atoms with van der Waals surface area (Å²) < 4.78 is 105. The second-order valence-corrected chi connectivity index (χ2v) is 13.1. The van der Waals surface area contributed by atoms with Crippen LogP contribution >= 0.6 is 0 Å². The van der Waals surface area contributed by atoms with Crippen LogP contribution in [-0.2, 0) is 47.4 Å². The Hall–Kier alpha value is -2.77. The normalized spacial score (nSPS) is 11.8. The van der Waals surface area contributed by atoms with Crippen molar-refractivity contribution in [1.82, 2.24) is 6.15 Å². The van der Waals surface area contributed by atoms with Gasteiger partial charge >= 0.3 is 59.1 Å². The van der Waals surface area contributed by atoms with Gasteiger partial charge in [0.15, 0.2) is 5.69 Å². The first kappa shape index (κ1) is 47.2. The van der Waals surface area contributed by atoms with E-state index in [0.29, 0.717) is 6.07 Å². The number of anilines is 1. The molecule has 4 aromatic carbocycles. The molecule has 4 aromatic rings. The Morgan fingerprint density at radius 3 is 1.74 bits per heavy atom. The number of phenols is 3. The Morgan fingerprint density at radius 1 is 0.620 bits per heavy atom. The van der Waals surface area contributed by atoms with Crippen molar-refractivity contribution in [3.63, 3.8) is 0 Å². The fourth-order valence-electron chi connectivity index (χ4n) is 3.82. The summed E-state index contributed by atoms with van der Waals surface area (Å²) >= 11 is 0. The Labute approximate surface area is 340 Å². The number of phenolic OH excluding ortho intramolecular Hbond substituents is 3. The van der Waals surface area contributed by atoms with Crippen molar-refractivity contribution in [2.45, 2.75) is 14.7 Å². The molecule has 0 amide bonds. The van der Waals surface area contributed by atoms with Crippen LogP contribution in [0.4, 0.5) is 28.4 Å². The third kappa shape index (κ3) is 11.9. The van der Waals surface area contributed by atoms with Crippen LogP contribution in [0.5, 0.6) is 17.2 Å². The topological polar surface area (TPSA) is 343 Å². The van der Waals surface area contributed by atoms with Crippen molar-refractivity contribution in [2.24, 2.45) is 20.5 Å². The van der Waals surface area contributed by atoms with Gasteiger partial charge in [-0.3, -0.25) is 0 Å². The van der Waals surface area contributed by atoms with E-state index in [0.717, 1.165) is 48.6 Å². The number of nitrogens with zero attached hydrogens (tertiary/aromatic N) is 4. The number of hydrogen-bond donors (Lipinski definition) is 5. The molecule has 259 valence electrons. The molecule has 0 heterocycles. The van der Waals surface area contributed by atoms with Crippen LogP contribution in [0, 0.1) is 0 Å². The number of hydrogen-bond acceptors (Lipinski definition) is 18. The summed E-state index contributed by atoms with van der Waals surface area (Å²) in [5.41, 5.74) is 3.56. The fourth-order valence-corrected chi connectivity index (χ4v) is 5.80. The van der Waals surface area contributed by atoms with Crippen molar-refractivity contribution in [3.8, 4) is 17.2 Å². The van der Waals surface area contributed by atoms with Crippen LogP contribution in [0.25, 0.3) is 12.2 Å². The molecule has 0 aliphatic rings. The molecule has 0 fully saturated rings. The maximum atomic E-state index is 12.2. The standard InChI is InChI=1S/C26H21N5O12S3.Cu.H3N.2Na/c27-16-7-6-14(24(10-16)45(38,39)40)4-5-15-2-1-3-20(26(15)46(41,42)43)30-28-17-11-22(33)25(23(34)12-17)31-29-19-9-8-18(13-21(19)32)44(35,36)37;;;;/h1-13,32-34H,27H2,(H,35,36,37)(H,38,39,40)(H,41,42,43);;1H3;;/q;;;2*+1/p-3. The van der Waals surface area contributed by atoms with Crippen molar-refractivity contribution < 1.29 is 130 Å². The Morgan fingerprint density at radius 2 is 1.20 bits per heavy atom. The predicted octanol–water partition coefficient (Wildman–Crippen LogP) is -1.73. The van der Waals surface area contributed by atoms with Gasteiger partial charge in [-0.15, -0.1) is 15.3 Å². The summed E-state index contributed by atoms with van der Waals surface area (Å²) in [6, 6.07) is 11.3.